The summed E-state index contributed by atoms with van der Waals surface area (Å²) in [5.41, 5.74) is 4.98. The van der Waals surface area contributed by atoms with Gasteiger partial charge >= 0.3 is 0 Å². The first-order chi connectivity index (χ1) is 7.94. The maximum atomic E-state index is 11.8. The van der Waals surface area contributed by atoms with Crippen LogP contribution in [0.2, 0.25) is 0 Å². The largest absolute Gasteiger partial charge is 0.388 e. The number of nitrogens with one attached hydrogen (secondary N) is 1. The van der Waals surface area contributed by atoms with Crippen molar-refractivity contribution in [3.63, 3.8) is 0 Å². The van der Waals surface area contributed by atoms with Crippen LogP contribution in [0.5, 0.6) is 0 Å². The van der Waals surface area contributed by atoms with Gasteiger partial charge in [0, 0.05) is 18.5 Å². The standard InChI is InChI=1S/C13H26N2O2/c1-10(11(2)14)12(16)15-9-13(17)7-5-3-4-6-8-13/h10-11,17H,3-9,14H2,1-2H3,(H,15,16). The minimum atomic E-state index is -0.705. The maximum absolute atomic E-state index is 11.8. The van der Waals surface area contributed by atoms with Gasteiger partial charge in [-0.3, -0.25) is 4.79 Å². The third-order valence-electron chi connectivity index (χ3n) is 3.83. The molecule has 0 aromatic rings. The lowest BCUT2D eigenvalue weighted by Gasteiger charge is -2.28. The van der Waals surface area contributed by atoms with Crippen molar-refractivity contribution in [3.05, 3.63) is 0 Å². The van der Waals surface area contributed by atoms with Gasteiger partial charge in [0.1, 0.15) is 0 Å². The van der Waals surface area contributed by atoms with Gasteiger partial charge in [-0.1, -0.05) is 32.6 Å². The van der Waals surface area contributed by atoms with E-state index in [0.717, 1.165) is 25.7 Å². The molecular weight excluding hydrogens is 216 g/mol. The molecule has 0 aromatic carbocycles. The van der Waals surface area contributed by atoms with Gasteiger partial charge < -0.3 is 16.2 Å². The van der Waals surface area contributed by atoms with Crippen LogP contribution < -0.4 is 11.1 Å². The van der Waals surface area contributed by atoms with Gasteiger partial charge in [0.25, 0.3) is 0 Å². The molecule has 1 aliphatic carbocycles. The molecule has 4 heteroatoms. The zero-order valence-electron chi connectivity index (χ0n) is 11.0. The molecule has 4 nitrogen and oxygen atoms in total. The van der Waals surface area contributed by atoms with E-state index in [0.29, 0.717) is 6.54 Å². The molecule has 1 rings (SSSR count). The van der Waals surface area contributed by atoms with Crippen LogP contribution in [0.1, 0.15) is 52.4 Å². The van der Waals surface area contributed by atoms with Crippen molar-refractivity contribution in [1.82, 2.24) is 5.32 Å². The highest BCUT2D eigenvalue weighted by Crippen LogP contribution is 2.26. The summed E-state index contributed by atoms with van der Waals surface area (Å²) in [4.78, 5) is 11.8. The van der Waals surface area contributed by atoms with Gasteiger partial charge in [-0.05, 0) is 19.8 Å². The van der Waals surface area contributed by atoms with Crippen LogP contribution in [0.3, 0.4) is 0 Å². The fourth-order valence-corrected chi connectivity index (χ4v) is 2.21. The lowest BCUT2D eigenvalue weighted by Crippen LogP contribution is -2.46. The van der Waals surface area contributed by atoms with Crippen molar-refractivity contribution < 1.29 is 9.90 Å². The monoisotopic (exact) mass is 242 g/mol. The fraction of sp³-hybridized carbons (Fsp3) is 0.923. The molecule has 0 radical (unpaired) electrons. The van der Waals surface area contributed by atoms with E-state index in [2.05, 4.69) is 5.32 Å². The minimum Gasteiger partial charge on any atom is -0.388 e. The lowest BCUT2D eigenvalue weighted by molar-refractivity contribution is -0.126. The molecule has 1 amide bonds. The van der Waals surface area contributed by atoms with Crippen molar-refractivity contribution in [2.75, 3.05) is 6.54 Å². The van der Waals surface area contributed by atoms with E-state index < -0.39 is 5.60 Å². The first-order valence-corrected chi connectivity index (χ1v) is 6.70. The zero-order chi connectivity index (χ0) is 12.9. The van der Waals surface area contributed by atoms with Crippen molar-refractivity contribution in [2.45, 2.75) is 64.0 Å². The number of hydrogen-bond acceptors (Lipinski definition) is 3. The van der Waals surface area contributed by atoms with Gasteiger partial charge in [0.15, 0.2) is 0 Å². The normalized spacial score (nSPS) is 23.5. The summed E-state index contributed by atoms with van der Waals surface area (Å²) >= 11 is 0. The van der Waals surface area contributed by atoms with Crippen LogP contribution in [-0.4, -0.2) is 29.2 Å². The highest BCUT2D eigenvalue weighted by Gasteiger charge is 2.29. The fourth-order valence-electron chi connectivity index (χ4n) is 2.21. The molecule has 0 spiro atoms. The molecule has 2 unspecified atom stereocenters. The van der Waals surface area contributed by atoms with Crippen LogP contribution in [0.25, 0.3) is 0 Å². The highest BCUT2D eigenvalue weighted by molar-refractivity contribution is 5.78. The Morgan fingerprint density at radius 3 is 2.29 bits per heavy atom. The van der Waals surface area contributed by atoms with Crippen LogP contribution in [-0.2, 0) is 4.79 Å². The number of hydrogen-bond donors (Lipinski definition) is 3. The number of carbonyl (C=O) groups excluding carboxylic acids is 1. The Labute approximate surface area is 104 Å². The summed E-state index contributed by atoms with van der Waals surface area (Å²) in [5, 5.41) is 13.2. The smallest absolute Gasteiger partial charge is 0.224 e. The summed E-state index contributed by atoms with van der Waals surface area (Å²) in [5.74, 6) is -0.262. The summed E-state index contributed by atoms with van der Waals surface area (Å²) in [6, 6.07) is -0.154. The molecule has 4 N–H and O–H groups in total. The summed E-state index contributed by atoms with van der Waals surface area (Å²) in [7, 11) is 0. The Morgan fingerprint density at radius 1 is 1.29 bits per heavy atom. The summed E-state index contributed by atoms with van der Waals surface area (Å²) < 4.78 is 0. The zero-order valence-corrected chi connectivity index (χ0v) is 11.0. The van der Waals surface area contributed by atoms with E-state index in [1.807, 2.05) is 13.8 Å². The molecular formula is C13H26N2O2. The predicted molar refractivity (Wildman–Crippen MR) is 68.5 cm³/mol. The quantitative estimate of drug-likeness (QED) is 0.648. The number of carbonyl (C=O) groups is 1. The first kappa shape index (κ1) is 14.5. The van der Waals surface area contributed by atoms with Gasteiger partial charge in [-0.25, -0.2) is 0 Å². The molecule has 0 heterocycles. The third-order valence-corrected chi connectivity index (χ3v) is 3.83. The molecule has 17 heavy (non-hydrogen) atoms. The van der Waals surface area contributed by atoms with Crippen LogP contribution in [0.15, 0.2) is 0 Å². The lowest BCUT2D eigenvalue weighted by atomic mass is 9.94. The molecule has 0 saturated heterocycles. The second-order valence-electron chi connectivity index (χ2n) is 5.50. The number of nitrogens with two attached hydrogens (primary N) is 1. The Balaban J connectivity index is 2.40. The van der Waals surface area contributed by atoms with E-state index in [1.54, 1.807) is 0 Å². The van der Waals surface area contributed by atoms with Gasteiger partial charge in [-0.2, -0.15) is 0 Å². The summed E-state index contributed by atoms with van der Waals surface area (Å²) in [6.07, 6.45) is 6.06. The van der Waals surface area contributed by atoms with Crippen molar-refractivity contribution in [2.24, 2.45) is 11.7 Å². The minimum absolute atomic E-state index is 0.0577. The van der Waals surface area contributed by atoms with Crippen LogP contribution in [0, 0.1) is 5.92 Å². The van der Waals surface area contributed by atoms with E-state index in [1.165, 1.54) is 12.8 Å². The molecule has 1 aliphatic rings. The van der Waals surface area contributed by atoms with Crippen LogP contribution >= 0.6 is 0 Å². The molecule has 0 aromatic heterocycles. The highest BCUT2D eigenvalue weighted by atomic mass is 16.3. The Kier molecular flexibility index (Phi) is 5.40. The predicted octanol–water partition coefficient (Wildman–Crippen LogP) is 1.17. The van der Waals surface area contributed by atoms with Crippen LogP contribution in [0.4, 0.5) is 0 Å². The topological polar surface area (TPSA) is 75.4 Å². The SMILES string of the molecule is CC(N)C(C)C(=O)NCC1(O)CCCCCC1. The Morgan fingerprint density at radius 2 is 1.82 bits per heavy atom. The molecule has 0 bridgehead atoms. The number of amides is 1. The van der Waals surface area contributed by atoms with E-state index in [9.17, 15) is 9.90 Å². The molecule has 1 saturated carbocycles. The van der Waals surface area contributed by atoms with Gasteiger partial charge in [0.2, 0.25) is 5.91 Å². The Hall–Kier alpha value is -0.610. The Bertz CT molecular complexity index is 246. The van der Waals surface area contributed by atoms with E-state index >= 15 is 0 Å². The van der Waals surface area contributed by atoms with Crippen molar-refractivity contribution >= 4 is 5.91 Å². The first-order valence-electron chi connectivity index (χ1n) is 6.70. The third kappa shape index (κ3) is 4.64. The van der Waals surface area contributed by atoms with E-state index in [4.69, 9.17) is 5.73 Å². The molecule has 1 fully saturated rings. The summed E-state index contributed by atoms with van der Waals surface area (Å²) in [6.45, 7) is 4.00. The number of rotatable bonds is 4. The average Bonchev–Trinajstić information content (AvgIpc) is 2.50. The van der Waals surface area contributed by atoms with E-state index in [-0.39, 0.29) is 17.9 Å². The molecule has 0 aliphatic heterocycles. The second-order valence-corrected chi connectivity index (χ2v) is 5.50. The number of aliphatic hydroxyl groups is 1. The van der Waals surface area contributed by atoms with Gasteiger partial charge in [0.05, 0.1) is 5.60 Å². The maximum Gasteiger partial charge on any atom is 0.224 e. The molecule has 2 atom stereocenters. The van der Waals surface area contributed by atoms with Crippen molar-refractivity contribution in [3.8, 4) is 0 Å². The van der Waals surface area contributed by atoms with Gasteiger partial charge in [-0.15, -0.1) is 0 Å². The molecule has 100 valence electrons. The average molecular weight is 242 g/mol. The van der Waals surface area contributed by atoms with Crippen molar-refractivity contribution in [1.29, 1.82) is 0 Å². The second kappa shape index (κ2) is 6.36.